The van der Waals surface area contributed by atoms with E-state index in [4.69, 9.17) is 4.74 Å². The predicted octanol–water partition coefficient (Wildman–Crippen LogP) is 4.64. The van der Waals surface area contributed by atoms with Crippen LogP contribution in [0.2, 0.25) is 0 Å². The topological polar surface area (TPSA) is 76.6 Å². The first kappa shape index (κ1) is 23.7. The lowest BCUT2D eigenvalue weighted by Gasteiger charge is -2.22. The van der Waals surface area contributed by atoms with Gasteiger partial charge in [0.1, 0.15) is 5.75 Å². The maximum atomic E-state index is 13.4. The molecule has 6 nitrogen and oxygen atoms in total. The molecule has 0 saturated carbocycles. The summed E-state index contributed by atoms with van der Waals surface area (Å²) < 4.78 is 68.3. The Morgan fingerprint density at radius 1 is 1.06 bits per heavy atom. The molecule has 2 heterocycles. The van der Waals surface area contributed by atoms with Crippen molar-refractivity contribution < 1.29 is 31.1 Å². The van der Waals surface area contributed by atoms with Crippen LogP contribution in [0.1, 0.15) is 28.4 Å². The minimum Gasteiger partial charge on any atom is -0.480 e. The number of carbonyl (C=O) groups is 1. The highest BCUT2D eigenvalue weighted by molar-refractivity contribution is 7.90. The number of hydrogen-bond donors (Lipinski definition) is 0. The molecule has 0 bridgehead atoms. The summed E-state index contributed by atoms with van der Waals surface area (Å²) in [5.41, 5.74) is 3.38. The highest BCUT2D eigenvalue weighted by Gasteiger charge is 2.39. The molecular weight excluding hydrogens is 469 g/mol. The number of carbonyl (C=O) groups excluding carboxylic acids is 1. The number of alkyl halides is 3. The molecule has 0 N–H and O–H groups in total. The molecule has 3 aromatic rings. The molecule has 0 unspecified atom stereocenters. The number of pyridine rings is 1. The normalized spacial score (nSPS) is 14.6. The molecule has 0 aliphatic carbocycles. The fourth-order valence-electron chi connectivity index (χ4n) is 3.69. The summed E-state index contributed by atoms with van der Waals surface area (Å²) in [5.74, 6) is -0.941. The van der Waals surface area contributed by atoms with Crippen LogP contribution < -0.4 is 4.74 Å². The van der Waals surface area contributed by atoms with E-state index in [0.717, 1.165) is 53.6 Å². The fourth-order valence-corrected chi connectivity index (χ4v) is 4.34. The molecule has 1 aliphatic heterocycles. The van der Waals surface area contributed by atoms with Gasteiger partial charge in [0.05, 0.1) is 10.5 Å². The van der Waals surface area contributed by atoms with Crippen molar-refractivity contribution in [1.29, 1.82) is 0 Å². The van der Waals surface area contributed by atoms with Crippen LogP contribution >= 0.6 is 0 Å². The van der Waals surface area contributed by atoms with Gasteiger partial charge in [-0.1, -0.05) is 18.2 Å². The molecule has 1 atom stereocenters. The minimum atomic E-state index is -4.65. The van der Waals surface area contributed by atoms with Crippen molar-refractivity contribution in [3.8, 4) is 16.9 Å². The number of hydrogen-bond acceptors (Lipinski definition) is 5. The van der Waals surface area contributed by atoms with E-state index in [0.29, 0.717) is 0 Å². The van der Waals surface area contributed by atoms with Gasteiger partial charge in [-0.2, -0.15) is 13.2 Å². The van der Waals surface area contributed by atoms with E-state index in [-0.39, 0.29) is 29.3 Å². The second-order valence-corrected chi connectivity index (χ2v) is 10.1. The lowest BCUT2D eigenvalue weighted by molar-refractivity contribution is -0.189. The van der Waals surface area contributed by atoms with Crippen LogP contribution in [-0.4, -0.2) is 42.7 Å². The Kier molecular flexibility index (Phi) is 6.11. The largest absolute Gasteiger partial charge is 0.480 e. The molecule has 0 saturated heterocycles. The zero-order valence-corrected chi connectivity index (χ0v) is 19.2. The number of halogens is 3. The molecule has 34 heavy (non-hydrogen) atoms. The first-order chi connectivity index (χ1) is 15.9. The Hall–Kier alpha value is -3.40. The van der Waals surface area contributed by atoms with E-state index in [2.05, 4.69) is 4.98 Å². The van der Waals surface area contributed by atoms with Gasteiger partial charge in [-0.3, -0.25) is 9.78 Å². The second-order valence-electron chi connectivity index (χ2n) is 8.12. The quantitative estimate of drug-likeness (QED) is 0.521. The molecule has 1 aromatic heterocycles. The lowest BCUT2D eigenvalue weighted by atomic mass is 10.0. The van der Waals surface area contributed by atoms with E-state index in [1.54, 1.807) is 12.4 Å². The number of amides is 1. The summed E-state index contributed by atoms with van der Waals surface area (Å²) in [5, 5.41) is 0. The van der Waals surface area contributed by atoms with E-state index in [9.17, 15) is 26.4 Å². The summed E-state index contributed by atoms with van der Waals surface area (Å²) in [4.78, 5) is 18.7. The number of aromatic nitrogens is 1. The van der Waals surface area contributed by atoms with Crippen molar-refractivity contribution >= 4 is 15.7 Å². The lowest BCUT2D eigenvalue weighted by Crippen LogP contribution is -2.32. The van der Waals surface area contributed by atoms with Crippen LogP contribution in [-0.2, 0) is 22.9 Å². The van der Waals surface area contributed by atoms with Gasteiger partial charge < -0.3 is 9.64 Å². The maximum Gasteiger partial charge on any atom is 0.425 e. The Labute approximate surface area is 194 Å². The Balaban J connectivity index is 1.65. The summed E-state index contributed by atoms with van der Waals surface area (Å²) in [6.45, 7) is 1.28. The first-order valence-electron chi connectivity index (χ1n) is 10.3. The third-order valence-electron chi connectivity index (χ3n) is 5.59. The van der Waals surface area contributed by atoms with Gasteiger partial charge in [0.15, 0.2) is 15.9 Å². The van der Waals surface area contributed by atoms with Gasteiger partial charge in [-0.15, -0.1) is 0 Å². The molecule has 1 amide bonds. The maximum absolute atomic E-state index is 13.4. The molecular formula is C24H21F3N2O4S. The van der Waals surface area contributed by atoms with Crippen molar-refractivity contribution in [2.45, 2.75) is 37.2 Å². The molecule has 0 radical (unpaired) electrons. The highest BCUT2D eigenvalue weighted by Crippen LogP contribution is 2.33. The van der Waals surface area contributed by atoms with E-state index < -0.39 is 28.0 Å². The first-order valence-corrected chi connectivity index (χ1v) is 12.2. The highest BCUT2D eigenvalue weighted by atomic mass is 32.2. The number of fused-ring (bicyclic) bond motifs is 1. The van der Waals surface area contributed by atoms with Crippen molar-refractivity contribution in [3.05, 3.63) is 77.6 Å². The number of benzene rings is 2. The van der Waals surface area contributed by atoms with Crippen LogP contribution in [0, 0.1) is 0 Å². The number of nitrogens with zero attached hydrogens (tertiary/aromatic N) is 2. The van der Waals surface area contributed by atoms with Gasteiger partial charge in [-0.05, 0) is 59.5 Å². The van der Waals surface area contributed by atoms with Gasteiger partial charge in [-0.25, -0.2) is 8.42 Å². The minimum absolute atomic E-state index is 0.182. The van der Waals surface area contributed by atoms with Crippen molar-refractivity contribution in [2.24, 2.45) is 0 Å². The van der Waals surface area contributed by atoms with Crippen molar-refractivity contribution in [3.63, 3.8) is 0 Å². The van der Waals surface area contributed by atoms with Crippen LogP contribution in [0.4, 0.5) is 13.2 Å². The summed E-state index contributed by atoms with van der Waals surface area (Å²) in [6.07, 6.45) is -2.48. The Morgan fingerprint density at radius 2 is 1.79 bits per heavy atom. The van der Waals surface area contributed by atoms with Crippen molar-refractivity contribution in [1.82, 2.24) is 9.88 Å². The molecule has 2 aromatic carbocycles. The zero-order valence-electron chi connectivity index (χ0n) is 18.3. The molecule has 0 spiro atoms. The SMILES string of the molecule is C[C@H](Oc1ccc(S(C)(=O)=O)cc1C(=O)N1Cc2ccc(-c3cccnc3)cc2C1)C(F)(F)F. The average molecular weight is 491 g/mol. The Morgan fingerprint density at radius 3 is 2.44 bits per heavy atom. The molecule has 10 heteroatoms. The molecule has 4 rings (SSSR count). The molecule has 1 aliphatic rings. The van der Waals surface area contributed by atoms with Crippen LogP contribution in [0.3, 0.4) is 0 Å². The summed E-state index contributed by atoms with van der Waals surface area (Å²) >= 11 is 0. The number of sulfone groups is 1. The van der Waals surface area contributed by atoms with Crippen LogP contribution in [0.25, 0.3) is 11.1 Å². The second kappa shape index (κ2) is 8.75. The number of rotatable bonds is 5. The van der Waals surface area contributed by atoms with Gasteiger partial charge in [0.25, 0.3) is 5.91 Å². The van der Waals surface area contributed by atoms with Crippen LogP contribution in [0.15, 0.2) is 65.8 Å². The smallest absolute Gasteiger partial charge is 0.425 e. The van der Waals surface area contributed by atoms with E-state index >= 15 is 0 Å². The van der Waals surface area contributed by atoms with Crippen molar-refractivity contribution in [2.75, 3.05) is 6.26 Å². The summed E-state index contributed by atoms with van der Waals surface area (Å²) in [7, 11) is -3.70. The summed E-state index contributed by atoms with van der Waals surface area (Å²) in [6, 6.07) is 12.8. The van der Waals surface area contributed by atoms with Gasteiger partial charge in [0, 0.05) is 31.7 Å². The van der Waals surface area contributed by atoms with Gasteiger partial charge in [0.2, 0.25) is 0 Å². The fraction of sp³-hybridized carbons (Fsp3) is 0.250. The molecule has 0 fully saturated rings. The standard InChI is InChI=1S/C24H21F3N2O4S/c1-15(24(25,26)27)33-22-8-7-20(34(2,31)32)11-21(22)23(30)29-13-18-6-5-16(10-19(18)14-29)17-4-3-9-28-12-17/h3-12,15H,13-14H2,1-2H3/t15-/m0/s1. The number of ether oxygens (including phenoxy) is 1. The van der Waals surface area contributed by atoms with E-state index in [1.807, 2.05) is 30.3 Å². The average Bonchev–Trinajstić information content (AvgIpc) is 3.21. The predicted molar refractivity (Wildman–Crippen MR) is 119 cm³/mol. The van der Waals surface area contributed by atoms with E-state index in [1.165, 1.54) is 4.90 Å². The Bertz CT molecular complexity index is 1340. The van der Waals surface area contributed by atoms with Gasteiger partial charge >= 0.3 is 6.18 Å². The third kappa shape index (κ3) is 4.91. The van der Waals surface area contributed by atoms with Crippen LogP contribution in [0.5, 0.6) is 5.75 Å². The zero-order chi connectivity index (χ0) is 24.7. The molecule has 178 valence electrons. The monoisotopic (exact) mass is 490 g/mol. The third-order valence-corrected chi connectivity index (χ3v) is 6.70.